The molecule has 0 unspecified atom stereocenters. The Balaban J connectivity index is 1.84. The molecule has 0 spiro atoms. The van der Waals surface area contributed by atoms with Crippen LogP contribution in [-0.2, 0) is 0 Å². The quantitative estimate of drug-likeness (QED) is 0.686. The number of nitrogens with zero attached hydrogens (tertiary/aromatic N) is 3. The van der Waals surface area contributed by atoms with Crippen LogP contribution in [0.4, 0.5) is 10.6 Å². The van der Waals surface area contributed by atoms with E-state index in [1.165, 1.54) is 16.2 Å². The van der Waals surface area contributed by atoms with Gasteiger partial charge in [0.1, 0.15) is 26.3 Å². The SMILES string of the molecule is CCN(C(=O)Oc1ccc(Cl)cc1)c1ccc2nc(S)sc2n1. The molecule has 0 aliphatic carbocycles. The summed E-state index contributed by atoms with van der Waals surface area (Å²) in [5, 5.41) is 0.581. The molecule has 0 fully saturated rings. The summed E-state index contributed by atoms with van der Waals surface area (Å²) in [7, 11) is 0. The highest BCUT2D eigenvalue weighted by Gasteiger charge is 2.18. The molecule has 0 saturated heterocycles. The molecule has 23 heavy (non-hydrogen) atoms. The van der Waals surface area contributed by atoms with Crippen molar-refractivity contribution in [2.45, 2.75) is 11.3 Å². The summed E-state index contributed by atoms with van der Waals surface area (Å²) >= 11 is 11.4. The first-order chi connectivity index (χ1) is 11.1. The van der Waals surface area contributed by atoms with E-state index >= 15 is 0 Å². The summed E-state index contributed by atoms with van der Waals surface area (Å²) in [6.07, 6.45) is -0.503. The van der Waals surface area contributed by atoms with E-state index in [2.05, 4.69) is 22.6 Å². The first kappa shape index (κ1) is 16.0. The van der Waals surface area contributed by atoms with Crippen molar-refractivity contribution in [1.29, 1.82) is 0 Å². The summed E-state index contributed by atoms with van der Waals surface area (Å²) in [5.74, 6) is 0.935. The molecule has 0 N–H and O–H groups in total. The van der Waals surface area contributed by atoms with E-state index in [1.807, 2.05) is 13.0 Å². The first-order valence-corrected chi connectivity index (χ1v) is 8.42. The van der Waals surface area contributed by atoms with Crippen molar-refractivity contribution in [2.75, 3.05) is 11.4 Å². The monoisotopic (exact) mass is 365 g/mol. The molecular formula is C15H12ClN3O2S2. The Morgan fingerprint density at radius 1 is 1.26 bits per heavy atom. The second-order valence-electron chi connectivity index (χ2n) is 4.56. The number of thiazole rings is 1. The second kappa shape index (κ2) is 6.74. The number of fused-ring (bicyclic) bond motifs is 1. The van der Waals surface area contributed by atoms with Crippen LogP contribution in [0.5, 0.6) is 5.75 Å². The zero-order chi connectivity index (χ0) is 16.4. The van der Waals surface area contributed by atoms with Crippen molar-refractivity contribution in [3.8, 4) is 5.75 Å². The number of halogens is 1. The van der Waals surface area contributed by atoms with Gasteiger partial charge in [-0.1, -0.05) is 22.9 Å². The van der Waals surface area contributed by atoms with Crippen molar-refractivity contribution in [3.05, 3.63) is 41.4 Å². The molecule has 0 aliphatic rings. The molecule has 1 aromatic carbocycles. The minimum absolute atomic E-state index is 0.425. The van der Waals surface area contributed by atoms with Gasteiger partial charge in [-0.2, -0.15) is 0 Å². The molecule has 0 saturated carbocycles. The van der Waals surface area contributed by atoms with Crippen LogP contribution in [0.3, 0.4) is 0 Å². The molecule has 0 bridgehead atoms. The van der Waals surface area contributed by atoms with E-state index in [1.54, 1.807) is 30.3 Å². The van der Waals surface area contributed by atoms with Crippen LogP contribution in [0.15, 0.2) is 40.7 Å². The summed E-state index contributed by atoms with van der Waals surface area (Å²) in [6, 6.07) is 10.2. The van der Waals surface area contributed by atoms with Crippen molar-refractivity contribution in [2.24, 2.45) is 0 Å². The third kappa shape index (κ3) is 3.57. The Labute approximate surface area is 147 Å². The Hall–Kier alpha value is -1.83. The van der Waals surface area contributed by atoms with Crippen molar-refractivity contribution >= 4 is 57.8 Å². The Morgan fingerprint density at radius 2 is 2.00 bits per heavy atom. The number of pyridine rings is 1. The molecule has 2 aromatic heterocycles. The standard InChI is InChI=1S/C15H12ClN3O2S2/c1-2-19(15(20)21-10-5-3-9(16)4-6-10)12-8-7-11-13(18-12)23-14(22)17-11/h3-8H,2H2,1H3,(H,17,22). The van der Waals surface area contributed by atoms with Crippen LogP contribution in [0, 0.1) is 0 Å². The smallest absolute Gasteiger partial charge is 0.410 e. The summed E-state index contributed by atoms with van der Waals surface area (Å²) < 4.78 is 5.99. The van der Waals surface area contributed by atoms with Gasteiger partial charge in [0.2, 0.25) is 0 Å². The third-order valence-corrected chi connectivity index (χ3v) is 4.45. The number of rotatable bonds is 3. The fourth-order valence-electron chi connectivity index (χ4n) is 1.99. The van der Waals surface area contributed by atoms with Gasteiger partial charge in [-0.25, -0.2) is 14.8 Å². The maximum absolute atomic E-state index is 12.4. The molecule has 3 aromatic rings. The van der Waals surface area contributed by atoms with Crippen molar-refractivity contribution < 1.29 is 9.53 Å². The zero-order valence-electron chi connectivity index (χ0n) is 12.1. The lowest BCUT2D eigenvalue weighted by Crippen LogP contribution is -2.33. The third-order valence-electron chi connectivity index (χ3n) is 3.06. The second-order valence-corrected chi connectivity index (χ2v) is 6.70. The number of carbonyl (C=O) groups is 1. The number of ether oxygens (including phenoxy) is 1. The van der Waals surface area contributed by atoms with Crippen LogP contribution >= 0.6 is 35.6 Å². The molecule has 118 valence electrons. The Bertz CT molecular complexity index is 852. The van der Waals surface area contributed by atoms with Crippen LogP contribution in [0.25, 0.3) is 10.3 Å². The number of aromatic nitrogens is 2. The Morgan fingerprint density at radius 3 is 2.70 bits per heavy atom. The first-order valence-electron chi connectivity index (χ1n) is 6.78. The van der Waals surface area contributed by atoms with Crippen LogP contribution in [0.2, 0.25) is 5.02 Å². The lowest BCUT2D eigenvalue weighted by Gasteiger charge is -2.19. The predicted molar refractivity (Wildman–Crippen MR) is 95.2 cm³/mol. The van der Waals surface area contributed by atoms with Crippen LogP contribution < -0.4 is 9.64 Å². The summed E-state index contributed by atoms with van der Waals surface area (Å²) in [6.45, 7) is 2.28. The van der Waals surface area contributed by atoms with E-state index in [9.17, 15) is 4.79 Å². The lowest BCUT2D eigenvalue weighted by molar-refractivity contribution is 0.207. The minimum atomic E-state index is -0.503. The van der Waals surface area contributed by atoms with Gasteiger partial charge in [0, 0.05) is 11.6 Å². The minimum Gasteiger partial charge on any atom is -0.410 e. The average molecular weight is 366 g/mol. The fraction of sp³-hybridized carbons (Fsp3) is 0.133. The molecule has 8 heteroatoms. The number of hydrogen-bond donors (Lipinski definition) is 1. The van der Waals surface area contributed by atoms with E-state index in [4.69, 9.17) is 16.3 Å². The molecule has 2 heterocycles. The largest absolute Gasteiger partial charge is 0.420 e. The highest BCUT2D eigenvalue weighted by molar-refractivity contribution is 7.82. The van der Waals surface area contributed by atoms with Gasteiger partial charge >= 0.3 is 6.09 Å². The number of amides is 1. The van der Waals surface area contributed by atoms with E-state index in [-0.39, 0.29) is 0 Å². The summed E-state index contributed by atoms with van der Waals surface area (Å²) in [4.78, 5) is 23.2. The predicted octanol–water partition coefficient (Wildman–Crippen LogP) is 4.66. The highest BCUT2D eigenvalue weighted by atomic mass is 35.5. The van der Waals surface area contributed by atoms with Crippen molar-refractivity contribution in [1.82, 2.24) is 9.97 Å². The molecule has 0 atom stereocenters. The van der Waals surface area contributed by atoms with Gasteiger partial charge in [-0.15, -0.1) is 12.6 Å². The number of benzene rings is 1. The van der Waals surface area contributed by atoms with Crippen LogP contribution in [0.1, 0.15) is 6.92 Å². The number of carbonyl (C=O) groups excluding carboxylic acids is 1. The zero-order valence-corrected chi connectivity index (χ0v) is 14.5. The van der Waals surface area contributed by atoms with Crippen LogP contribution in [-0.4, -0.2) is 22.6 Å². The molecule has 1 amide bonds. The lowest BCUT2D eigenvalue weighted by atomic mass is 10.3. The molecule has 0 aliphatic heterocycles. The highest BCUT2D eigenvalue weighted by Crippen LogP contribution is 2.26. The Kier molecular flexibility index (Phi) is 4.70. The van der Waals surface area contributed by atoms with E-state index < -0.39 is 6.09 Å². The molecule has 0 radical (unpaired) electrons. The number of hydrogen-bond acceptors (Lipinski definition) is 6. The number of thiol groups is 1. The average Bonchev–Trinajstić information content (AvgIpc) is 2.90. The fourth-order valence-corrected chi connectivity index (χ4v) is 3.16. The molecule has 3 rings (SSSR count). The summed E-state index contributed by atoms with van der Waals surface area (Å²) in [5.41, 5.74) is 0.755. The van der Waals surface area contributed by atoms with E-state index in [0.717, 1.165) is 10.3 Å². The van der Waals surface area contributed by atoms with Crippen molar-refractivity contribution in [3.63, 3.8) is 0 Å². The maximum atomic E-state index is 12.4. The van der Waals surface area contributed by atoms with Gasteiger partial charge in [-0.3, -0.25) is 4.90 Å². The van der Waals surface area contributed by atoms with Gasteiger partial charge in [0.15, 0.2) is 0 Å². The maximum Gasteiger partial charge on any atom is 0.420 e. The van der Waals surface area contributed by atoms with Gasteiger partial charge in [0.05, 0.1) is 0 Å². The number of anilines is 1. The van der Waals surface area contributed by atoms with Gasteiger partial charge in [0.25, 0.3) is 0 Å². The molecular weight excluding hydrogens is 354 g/mol. The van der Waals surface area contributed by atoms with Gasteiger partial charge in [-0.05, 0) is 43.3 Å². The molecule has 5 nitrogen and oxygen atoms in total. The van der Waals surface area contributed by atoms with E-state index in [0.29, 0.717) is 27.5 Å². The van der Waals surface area contributed by atoms with Gasteiger partial charge < -0.3 is 4.74 Å². The topological polar surface area (TPSA) is 55.3 Å². The normalized spacial score (nSPS) is 10.7.